The number of ether oxygens (including phenoxy) is 2. The fourth-order valence-electron chi connectivity index (χ4n) is 1.99. The van der Waals surface area contributed by atoms with Crippen LogP contribution in [0.1, 0.15) is 23.7 Å². The molecule has 0 aliphatic carbocycles. The molecule has 118 valence electrons. The van der Waals surface area contributed by atoms with Gasteiger partial charge in [0, 0.05) is 19.0 Å². The van der Waals surface area contributed by atoms with E-state index in [1.807, 2.05) is 0 Å². The molecular formula is C15H17ClN2O4. The van der Waals surface area contributed by atoms with Crippen LogP contribution >= 0.6 is 11.6 Å². The molecule has 0 aromatic carbocycles. The highest BCUT2D eigenvalue weighted by molar-refractivity contribution is 6.35. The Kier molecular flexibility index (Phi) is 5.91. The van der Waals surface area contributed by atoms with Crippen LogP contribution in [0, 0.1) is 0 Å². The number of nitrogens with one attached hydrogen (secondary N) is 1. The van der Waals surface area contributed by atoms with Crippen molar-refractivity contribution in [3.8, 4) is 0 Å². The van der Waals surface area contributed by atoms with Crippen molar-refractivity contribution < 1.29 is 19.1 Å². The molecule has 7 heteroatoms. The first-order valence-electron chi connectivity index (χ1n) is 6.99. The van der Waals surface area contributed by atoms with Gasteiger partial charge in [-0.1, -0.05) is 11.6 Å². The number of carbonyl (C=O) groups excluding carboxylic acids is 2. The molecule has 22 heavy (non-hydrogen) atoms. The van der Waals surface area contributed by atoms with Gasteiger partial charge in [0.2, 0.25) is 5.78 Å². The predicted molar refractivity (Wildman–Crippen MR) is 80.7 cm³/mol. The molecule has 1 aromatic heterocycles. The summed E-state index contributed by atoms with van der Waals surface area (Å²) in [6.07, 6.45) is 3.67. The molecule has 0 bridgehead atoms. The highest BCUT2D eigenvalue weighted by Crippen LogP contribution is 2.17. The average molecular weight is 325 g/mol. The van der Waals surface area contributed by atoms with Gasteiger partial charge in [0.25, 0.3) is 0 Å². The fourth-order valence-corrected chi connectivity index (χ4v) is 2.20. The molecule has 0 saturated carbocycles. The summed E-state index contributed by atoms with van der Waals surface area (Å²) in [6, 6.07) is 3.17. The molecule has 2 heterocycles. The van der Waals surface area contributed by atoms with Crippen molar-refractivity contribution >= 4 is 23.4 Å². The second-order valence-electron chi connectivity index (χ2n) is 4.68. The lowest BCUT2D eigenvalue weighted by atomic mass is 10.1. The highest BCUT2D eigenvalue weighted by atomic mass is 35.5. The van der Waals surface area contributed by atoms with Gasteiger partial charge < -0.3 is 14.8 Å². The summed E-state index contributed by atoms with van der Waals surface area (Å²) in [7, 11) is 0. The first-order chi connectivity index (χ1) is 10.6. The molecule has 1 aliphatic heterocycles. The summed E-state index contributed by atoms with van der Waals surface area (Å²) >= 11 is 5.92. The van der Waals surface area contributed by atoms with Gasteiger partial charge in [-0.3, -0.25) is 4.79 Å². The van der Waals surface area contributed by atoms with E-state index in [0.29, 0.717) is 13.2 Å². The summed E-state index contributed by atoms with van der Waals surface area (Å²) in [4.78, 5) is 28.4. The number of rotatable bonds is 6. The SMILES string of the molecule is CCOC(=O)C(=CN[C@H]1CCOC1)C(=O)c1cccnc1Cl. The minimum atomic E-state index is -0.696. The van der Waals surface area contributed by atoms with E-state index in [1.165, 1.54) is 18.5 Å². The Bertz CT molecular complexity index is 583. The second-order valence-corrected chi connectivity index (χ2v) is 5.03. The maximum Gasteiger partial charge on any atom is 0.343 e. The Hall–Kier alpha value is -1.92. The van der Waals surface area contributed by atoms with Crippen LogP contribution in [0.25, 0.3) is 0 Å². The maximum atomic E-state index is 12.5. The molecule has 0 amide bonds. The number of esters is 1. The van der Waals surface area contributed by atoms with Gasteiger partial charge in [0.05, 0.1) is 24.8 Å². The van der Waals surface area contributed by atoms with Crippen LogP contribution < -0.4 is 5.32 Å². The van der Waals surface area contributed by atoms with Crippen molar-refractivity contribution in [3.63, 3.8) is 0 Å². The number of Topliss-reactive ketones (excluding diaryl/α,β-unsaturated/α-hetero) is 1. The highest BCUT2D eigenvalue weighted by Gasteiger charge is 2.24. The van der Waals surface area contributed by atoms with Crippen molar-refractivity contribution in [3.05, 3.63) is 40.8 Å². The van der Waals surface area contributed by atoms with E-state index in [9.17, 15) is 9.59 Å². The molecule has 1 saturated heterocycles. The molecule has 1 aliphatic rings. The van der Waals surface area contributed by atoms with E-state index in [0.717, 1.165) is 6.42 Å². The number of hydrogen-bond donors (Lipinski definition) is 1. The number of nitrogens with zero attached hydrogens (tertiary/aromatic N) is 1. The number of carbonyl (C=O) groups is 2. The van der Waals surface area contributed by atoms with Crippen LogP contribution in [0.4, 0.5) is 0 Å². The van der Waals surface area contributed by atoms with Crippen molar-refractivity contribution in [1.82, 2.24) is 10.3 Å². The molecule has 0 spiro atoms. The smallest absolute Gasteiger partial charge is 0.343 e. The topological polar surface area (TPSA) is 77.5 Å². The lowest BCUT2D eigenvalue weighted by Crippen LogP contribution is -2.27. The summed E-state index contributed by atoms with van der Waals surface area (Å²) in [6.45, 7) is 3.04. The third-order valence-electron chi connectivity index (χ3n) is 3.14. The van der Waals surface area contributed by atoms with E-state index in [2.05, 4.69) is 10.3 Å². The number of ketones is 1. The minimum absolute atomic E-state index is 0.0481. The summed E-state index contributed by atoms with van der Waals surface area (Å²) in [5.41, 5.74) is 0.0524. The lowest BCUT2D eigenvalue weighted by molar-refractivity contribution is -0.138. The van der Waals surface area contributed by atoms with Gasteiger partial charge in [-0.15, -0.1) is 0 Å². The van der Waals surface area contributed by atoms with Crippen LogP contribution in [0.2, 0.25) is 5.15 Å². The number of hydrogen-bond acceptors (Lipinski definition) is 6. The fraction of sp³-hybridized carbons (Fsp3) is 0.400. The van der Waals surface area contributed by atoms with Crippen molar-refractivity contribution in [2.45, 2.75) is 19.4 Å². The monoisotopic (exact) mass is 324 g/mol. The van der Waals surface area contributed by atoms with Crippen LogP contribution in [-0.4, -0.2) is 42.6 Å². The zero-order chi connectivity index (χ0) is 15.9. The predicted octanol–water partition coefficient (Wildman–Crippen LogP) is 1.74. The zero-order valence-corrected chi connectivity index (χ0v) is 12.9. The molecule has 1 aromatic rings. The summed E-state index contributed by atoms with van der Waals surface area (Å²) in [5.74, 6) is -1.22. The Morgan fingerprint density at radius 2 is 2.41 bits per heavy atom. The van der Waals surface area contributed by atoms with E-state index in [4.69, 9.17) is 21.1 Å². The first-order valence-corrected chi connectivity index (χ1v) is 7.37. The lowest BCUT2D eigenvalue weighted by Gasteiger charge is -2.11. The molecule has 0 unspecified atom stereocenters. The van der Waals surface area contributed by atoms with E-state index < -0.39 is 11.8 Å². The van der Waals surface area contributed by atoms with Gasteiger partial charge >= 0.3 is 5.97 Å². The molecular weight excluding hydrogens is 308 g/mol. The van der Waals surface area contributed by atoms with Crippen molar-refractivity contribution in [2.24, 2.45) is 0 Å². The average Bonchev–Trinajstić information content (AvgIpc) is 3.01. The first kappa shape index (κ1) is 16.5. The zero-order valence-electron chi connectivity index (χ0n) is 12.2. The van der Waals surface area contributed by atoms with Gasteiger partial charge in [-0.25, -0.2) is 9.78 Å². The number of halogens is 1. The number of pyridine rings is 1. The van der Waals surface area contributed by atoms with Gasteiger partial charge in [-0.2, -0.15) is 0 Å². The van der Waals surface area contributed by atoms with Crippen LogP contribution in [0.15, 0.2) is 30.1 Å². The third kappa shape index (κ3) is 4.05. The van der Waals surface area contributed by atoms with Crippen LogP contribution in [-0.2, 0) is 14.3 Å². The molecule has 0 radical (unpaired) electrons. The quantitative estimate of drug-likeness (QED) is 0.214. The van der Waals surface area contributed by atoms with Crippen molar-refractivity contribution in [1.29, 1.82) is 0 Å². The van der Waals surface area contributed by atoms with Gasteiger partial charge in [-0.05, 0) is 25.5 Å². The molecule has 2 rings (SSSR count). The maximum absolute atomic E-state index is 12.5. The third-order valence-corrected chi connectivity index (χ3v) is 3.44. The molecule has 1 atom stereocenters. The van der Waals surface area contributed by atoms with E-state index in [1.54, 1.807) is 13.0 Å². The van der Waals surface area contributed by atoms with Gasteiger partial charge in [0.1, 0.15) is 10.7 Å². The Balaban J connectivity index is 2.23. The van der Waals surface area contributed by atoms with Crippen LogP contribution in [0.5, 0.6) is 0 Å². The Labute approximate surface area is 133 Å². The summed E-state index contributed by atoms with van der Waals surface area (Å²) in [5, 5.41) is 3.07. The summed E-state index contributed by atoms with van der Waals surface area (Å²) < 4.78 is 10.2. The van der Waals surface area contributed by atoms with Crippen molar-refractivity contribution in [2.75, 3.05) is 19.8 Å². The molecule has 1 N–H and O–H groups in total. The molecule has 6 nitrogen and oxygen atoms in total. The standard InChI is InChI=1S/C15H17ClN2O4/c1-2-22-15(20)12(8-18-10-5-7-21-9-10)13(19)11-4-3-6-17-14(11)16/h3-4,6,8,10,18H,2,5,7,9H2,1H3/t10-/m0/s1. The number of aromatic nitrogens is 1. The van der Waals surface area contributed by atoms with Crippen LogP contribution in [0.3, 0.4) is 0 Å². The van der Waals surface area contributed by atoms with E-state index in [-0.39, 0.29) is 28.9 Å². The van der Waals surface area contributed by atoms with Gasteiger partial charge in [0.15, 0.2) is 0 Å². The Morgan fingerprint density at radius 1 is 1.59 bits per heavy atom. The normalized spacial score (nSPS) is 18.1. The molecule has 1 fully saturated rings. The second kappa shape index (κ2) is 7.91. The van der Waals surface area contributed by atoms with E-state index >= 15 is 0 Å². The largest absolute Gasteiger partial charge is 0.462 e. The Morgan fingerprint density at radius 3 is 3.05 bits per heavy atom. The minimum Gasteiger partial charge on any atom is -0.462 e.